The number of ketones is 1. The molecule has 5 nitrogen and oxygen atoms in total. The van der Waals surface area contributed by atoms with Gasteiger partial charge in [0.15, 0.2) is 5.78 Å². The van der Waals surface area contributed by atoms with Crippen LogP contribution in [-0.4, -0.2) is 21.2 Å². The summed E-state index contributed by atoms with van der Waals surface area (Å²) < 4.78 is 1.68. The molecule has 108 valence electrons. The van der Waals surface area contributed by atoms with Gasteiger partial charge in [-0.2, -0.15) is 0 Å². The van der Waals surface area contributed by atoms with Gasteiger partial charge < -0.3 is 10.3 Å². The summed E-state index contributed by atoms with van der Waals surface area (Å²) in [5.74, 6) is -0.149. The molecule has 0 spiro atoms. The number of fused-ring (bicyclic) bond motifs is 1. The van der Waals surface area contributed by atoms with Crippen LogP contribution in [0.3, 0.4) is 0 Å². The molecule has 1 unspecified atom stereocenters. The first-order chi connectivity index (χ1) is 9.99. The van der Waals surface area contributed by atoms with Crippen molar-refractivity contribution in [3.8, 4) is 0 Å². The molecule has 0 saturated carbocycles. The summed E-state index contributed by atoms with van der Waals surface area (Å²) in [4.78, 5) is 27.8. The Morgan fingerprint density at radius 2 is 2.19 bits per heavy atom. The zero-order valence-electron chi connectivity index (χ0n) is 10.8. The lowest BCUT2D eigenvalue weighted by atomic mass is 10.1. The first-order valence-electron chi connectivity index (χ1n) is 6.30. The average Bonchev–Trinajstić information content (AvgIpc) is 2.98. The highest BCUT2D eigenvalue weighted by Crippen LogP contribution is 2.38. The largest absolute Gasteiger partial charge is 0.369 e. The molecule has 0 bridgehead atoms. The summed E-state index contributed by atoms with van der Waals surface area (Å²) in [5.41, 5.74) is 6.50. The third kappa shape index (κ3) is 2.32. The van der Waals surface area contributed by atoms with E-state index in [4.69, 9.17) is 28.9 Å². The van der Waals surface area contributed by atoms with Crippen LogP contribution in [0.15, 0.2) is 24.5 Å². The number of Topliss-reactive ketones (excluding diaryl/α,β-unsaturated/α-hetero) is 1. The second kappa shape index (κ2) is 5.16. The van der Waals surface area contributed by atoms with Crippen molar-refractivity contribution < 1.29 is 9.59 Å². The van der Waals surface area contributed by atoms with E-state index >= 15 is 0 Å². The quantitative estimate of drug-likeness (QED) is 0.940. The molecular formula is C14H11Cl2N3O2. The molecule has 1 amide bonds. The Kier molecular flexibility index (Phi) is 3.47. The molecule has 7 heteroatoms. The smallest absolute Gasteiger partial charge is 0.225 e. The molecular weight excluding hydrogens is 313 g/mol. The molecule has 1 aliphatic carbocycles. The fraction of sp³-hybridized carbons (Fsp3) is 0.214. The number of rotatable bonds is 3. The van der Waals surface area contributed by atoms with Gasteiger partial charge in [0.2, 0.25) is 5.91 Å². The molecule has 1 aromatic carbocycles. The van der Waals surface area contributed by atoms with Crippen molar-refractivity contribution in [3.63, 3.8) is 0 Å². The number of primary amides is 1. The van der Waals surface area contributed by atoms with Gasteiger partial charge in [0.25, 0.3) is 0 Å². The number of halogens is 2. The Labute approximate surface area is 130 Å². The number of carbonyl (C=O) groups excluding carboxylic acids is 2. The summed E-state index contributed by atoms with van der Waals surface area (Å²) in [5, 5.41) is 0.630. The Balaban J connectivity index is 2.01. The van der Waals surface area contributed by atoms with Crippen molar-refractivity contribution in [2.45, 2.75) is 18.9 Å². The Morgan fingerprint density at radius 1 is 1.43 bits per heavy atom. The van der Waals surface area contributed by atoms with Crippen molar-refractivity contribution in [2.24, 2.45) is 5.73 Å². The number of amides is 1. The van der Waals surface area contributed by atoms with Crippen LogP contribution in [0.4, 0.5) is 0 Å². The van der Waals surface area contributed by atoms with E-state index in [9.17, 15) is 9.59 Å². The number of imidazole rings is 1. The molecule has 0 fully saturated rings. The zero-order chi connectivity index (χ0) is 15.1. The van der Waals surface area contributed by atoms with Crippen LogP contribution in [0.5, 0.6) is 0 Å². The molecule has 1 aliphatic rings. The van der Waals surface area contributed by atoms with Gasteiger partial charge >= 0.3 is 0 Å². The molecule has 0 radical (unpaired) electrons. The first-order valence-corrected chi connectivity index (χ1v) is 7.05. The van der Waals surface area contributed by atoms with Crippen LogP contribution < -0.4 is 5.73 Å². The number of benzene rings is 1. The Morgan fingerprint density at radius 3 is 2.90 bits per heavy atom. The number of carbonyl (C=O) groups is 2. The van der Waals surface area contributed by atoms with E-state index in [0.29, 0.717) is 22.8 Å². The summed E-state index contributed by atoms with van der Waals surface area (Å²) in [6.45, 7) is 0. The van der Waals surface area contributed by atoms with E-state index in [1.54, 1.807) is 29.1 Å². The van der Waals surface area contributed by atoms with Crippen LogP contribution in [0.2, 0.25) is 10.0 Å². The van der Waals surface area contributed by atoms with Crippen molar-refractivity contribution in [1.82, 2.24) is 9.55 Å². The van der Waals surface area contributed by atoms with E-state index in [0.717, 1.165) is 5.56 Å². The van der Waals surface area contributed by atoms with Crippen LogP contribution in [0, 0.1) is 0 Å². The van der Waals surface area contributed by atoms with Gasteiger partial charge in [-0.15, -0.1) is 0 Å². The molecule has 3 rings (SSSR count). The third-order valence-corrected chi connectivity index (χ3v) is 4.36. The van der Waals surface area contributed by atoms with E-state index in [1.165, 1.54) is 0 Å². The molecule has 2 aromatic rings. The first kappa shape index (κ1) is 14.1. The van der Waals surface area contributed by atoms with Crippen LogP contribution in [0.25, 0.3) is 0 Å². The van der Waals surface area contributed by atoms with Crippen molar-refractivity contribution in [2.75, 3.05) is 0 Å². The van der Waals surface area contributed by atoms with Crippen LogP contribution in [-0.2, 0) is 17.6 Å². The predicted molar refractivity (Wildman–Crippen MR) is 78.7 cm³/mol. The van der Waals surface area contributed by atoms with Gasteiger partial charge in [-0.25, -0.2) is 4.98 Å². The van der Waals surface area contributed by atoms with E-state index in [-0.39, 0.29) is 17.2 Å². The molecule has 1 aromatic heterocycles. The molecule has 0 saturated heterocycles. The maximum atomic E-state index is 12.6. The minimum absolute atomic E-state index is 0.0123. The molecule has 0 aliphatic heterocycles. The highest BCUT2D eigenvalue weighted by molar-refractivity contribution is 6.44. The maximum absolute atomic E-state index is 12.6. The number of hydrogen-bond donors (Lipinski definition) is 1. The highest BCUT2D eigenvalue weighted by atomic mass is 35.5. The normalized spacial score (nSPS) is 17.0. The molecule has 21 heavy (non-hydrogen) atoms. The maximum Gasteiger partial charge on any atom is 0.225 e. The third-order valence-electron chi connectivity index (χ3n) is 3.56. The molecule has 1 atom stereocenters. The van der Waals surface area contributed by atoms with Gasteiger partial charge in [-0.05, 0) is 11.6 Å². The number of aromatic nitrogens is 2. The van der Waals surface area contributed by atoms with Crippen LogP contribution in [0.1, 0.15) is 27.8 Å². The zero-order valence-corrected chi connectivity index (χ0v) is 12.4. The van der Waals surface area contributed by atoms with Crippen LogP contribution >= 0.6 is 23.2 Å². The standard InChI is InChI=1S/C14H11Cl2N3O2/c15-8-2-1-7-5-9(14(21)12(7)13(8)16)19-4-3-18-11(19)6-10(17)20/h1-4,9H,5-6H2,(H2,17,20). The summed E-state index contributed by atoms with van der Waals surface area (Å²) >= 11 is 12.1. The summed E-state index contributed by atoms with van der Waals surface area (Å²) in [6.07, 6.45) is 3.69. The fourth-order valence-electron chi connectivity index (χ4n) is 2.64. The number of hydrogen-bond acceptors (Lipinski definition) is 3. The average molecular weight is 324 g/mol. The van der Waals surface area contributed by atoms with Gasteiger partial charge in [0.1, 0.15) is 11.9 Å². The Hall–Kier alpha value is -1.85. The molecule has 2 N–H and O–H groups in total. The molecule has 1 heterocycles. The van der Waals surface area contributed by atoms with Crippen molar-refractivity contribution in [1.29, 1.82) is 0 Å². The van der Waals surface area contributed by atoms with Gasteiger partial charge in [0, 0.05) is 24.4 Å². The monoisotopic (exact) mass is 323 g/mol. The van der Waals surface area contributed by atoms with E-state index in [1.807, 2.05) is 0 Å². The van der Waals surface area contributed by atoms with Crippen molar-refractivity contribution >= 4 is 34.9 Å². The fourth-order valence-corrected chi connectivity index (χ4v) is 3.07. The lowest BCUT2D eigenvalue weighted by molar-refractivity contribution is -0.117. The Bertz CT molecular complexity index is 755. The van der Waals surface area contributed by atoms with Gasteiger partial charge in [0.05, 0.1) is 16.5 Å². The highest BCUT2D eigenvalue weighted by Gasteiger charge is 2.35. The SMILES string of the molecule is NC(=O)Cc1nccn1C1Cc2ccc(Cl)c(Cl)c2C1=O. The van der Waals surface area contributed by atoms with Crippen molar-refractivity contribution in [3.05, 3.63) is 51.5 Å². The van der Waals surface area contributed by atoms with Gasteiger partial charge in [-0.1, -0.05) is 29.3 Å². The van der Waals surface area contributed by atoms with E-state index in [2.05, 4.69) is 4.98 Å². The predicted octanol–water partition coefficient (Wildman–Crippen LogP) is 2.20. The summed E-state index contributed by atoms with van der Waals surface area (Å²) in [7, 11) is 0. The second-order valence-electron chi connectivity index (χ2n) is 4.87. The second-order valence-corrected chi connectivity index (χ2v) is 5.66. The number of nitrogens with two attached hydrogens (primary N) is 1. The topological polar surface area (TPSA) is 78.0 Å². The minimum atomic E-state index is -0.494. The lowest BCUT2D eigenvalue weighted by Crippen LogP contribution is -2.22. The minimum Gasteiger partial charge on any atom is -0.369 e. The lowest BCUT2D eigenvalue weighted by Gasteiger charge is -2.13. The van der Waals surface area contributed by atoms with E-state index < -0.39 is 11.9 Å². The number of nitrogens with zero attached hydrogens (tertiary/aromatic N) is 2. The summed E-state index contributed by atoms with van der Waals surface area (Å²) in [6, 6.07) is 3.01. The van der Waals surface area contributed by atoms with Gasteiger partial charge in [-0.3, -0.25) is 9.59 Å².